The molecule has 2 aromatic carbocycles. The Balaban J connectivity index is 1.82. The third-order valence-electron chi connectivity index (χ3n) is 4.03. The fourth-order valence-electron chi connectivity index (χ4n) is 2.80. The molecule has 27 heavy (non-hydrogen) atoms. The first-order valence-corrected chi connectivity index (χ1v) is 8.11. The highest BCUT2D eigenvalue weighted by Gasteiger charge is 2.18. The zero-order valence-corrected chi connectivity index (χ0v) is 14.0. The SMILES string of the molecule is O=C(Oc1ccccc1-c1cc(C(=O)O)c2ccccc2n1)c1ccco1. The first-order valence-electron chi connectivity index (χ1n) is 8.11. The number of rotatable bonds is 4. The summed E-state index contributed by atoms with van der Waals surface area (Å²) in [6.45, 7) is 0. The fraction of sp³-hybridized carbons (Fsp3) is 0. The van der Waals surface area contributed by atoms with E-state index < -0.39 is 11.9 Å². The van der Waals surface area contributed by atoms with Gasteiger partial charge in [0.25, 0.3) is 0 Å². The average molecular weight is 359 g/mol. The highest BCUT2D eigenvalue weighted by atomic mass is 16.5. The molecule has 2 heterocycles. The summed E-state index contributed by atoms with van der Waals surface area (Å²) in [5.74, 6) is -1.37. The van der Waals surface area contributed by atoms with E-state index in [0.29, 0.717) is 22.2 Å². The van der Waals surface area contributed by atoms with Crippen LogP contribution in [0.15, 0.2) is 77.4 Å². The van der Waals surface area contributed by atoms with E-state index in [1.807, 2.05) is 0 Å². The molecule has 0 fully saturated rings. The number of aromatic carboxylic acids is 1. The Bertz CT molecular complexity index is 1150. The molecule has 6 heteroatoms. The third kappa shape index (κ3) is 3.16. The van der Waals surface area contributed by atoms with Crippen molar-refractivity contribution in [2.75, 3.05) is 0 Å². The molecule has 6 nitrogen and oxygen atoms in total. The maximum absolute atomic E-state index is 12.2. The lowest BCUT2D eigenvalue weighted by molar-refractivity contribution is 0.0690. The van der Waals surface area contributed by atoms with Crippen LogP contribution in [0, 0.1) is 0 Å². The monoisotopic (exact) mass is 359 g/mol. The van der Waals surface area contributed by atoms with Crippen LogP contribution in [0.1, 0.15) is 20.9 Å². The number of ether oxygens (including phenoxy) is 1. The Kier molecular flexibility index (Phi) is 4.14. The second-order valence-electron chi connectivity index (χ2n) is 5.74. The summed E-state index contributed by atoms with van der Waals surface area (Å²) >= 11 is 0. The quantitative estimate of drug-likeness (QED) is 0.429. The standard InChI is InChI=1S/C21H13NO5/c23-20(24)15-12-17(22-16-8-3-1-6-13(15)16)14-7-2-4-9-18(14)27-21(25)19-10-5-11-26-19/h1-12H,(H,23,24). The molecule has 2 aromatic heterocycles. The van der Waals surface area contributed by atoms with Gasteiger partial charge in [-0.25, -0.2) is 14.6 Å². The van der Waals surface area contributed by atoms with Crippen LogP contribution in [0.5, 0.6) is 5.75 Å². The van der Waals surface area contributed by atoms with E-state index in [-0.39, 0.29) is 17.1 Å². The third-order valence-corrected chi connectivity index (χ3v) is 4.03. The van der Waals surface area contributed by atoms with Gasteiger partial charge in [0.2, 0.25) is 5.76 Å². The average Bonchev–Trinajstić information content (AvgIpc) is 3.22. The van der Waals surface area contributed by atoms with E-state index in [1.54, 1.807) is 54.6 Å². The molecule has 0 saturated carbocycles. The highest BCUT2D eigenvalue weighted by molar-refractivity contribution is 6.04. The number of carboxylic acids is 1. The molecule has 4 aromatic rings. The minimum Gasteiger partial charge on any atom is -0.478 e. The van der Waals surface area contributed by atoms with Crippen LogP contribution < -0.4 is 4.74 Å². The molecule has 4 rings (SSSR count). The van der Waals surface area contributed by atoms with Crippen molar-refractivity contribution in [2.24, 2.45) is 0 Å². The van der Waals surface area contributed by atoms with Crippen LogP contribution in [-0.2, 0) is 0 Å². The number of pyridine rings is 1. The molecule has 0 unspecified atom stereocenters. The van der Waals surface area contributed by atoms with Crippen molar-refractivity contribution in [3.8, 4) is 17.0 Å². The molecule has 0 radical (unpaired) electrons. The summed E-state index contributed by atoms with van der Waals surface area (Å²) in [7, 11) is 0. The number of carbonyl (C=O) groups is 2. The predicted molar refractivity (Wildman–Crippen MR) is 97.8 cm³/mol. The molecule has 0 aliphatic carbocycles. The molecular weight excluding hydrogens is 346 g/mol. The van der Waals surface area contributed by atoms with Crippen LogP contribution >= 0.6 is 0 Å². The Hall–Kier alpha value is -3.93. The topological polar surface area (TPSA) is 89.6 Å². The Morgan fingerprint density at radius 2 is 1.74 bits per heavy atom. The second-order valence-corrected chi connectivity index (χ2v) is 5.74. The second kappa shape index (κ2) is 6.76. The van der Waals surface area contributed by atoms with E-state index in [1.165, 1.54) is 18.4 Å². The van der Waals surface area contributed by atoms with Gasteiger partial charge in [-0.3, -0.25) is 0 Å². The predicted octanol–water partition coefficient (Wildman–Crippen LogP) is 4.41. The number of nitrogens with zero attached hydrogens (tertiary/aromatic N) is 1. The molecule has 0 bridgehead atoms. The van der Waals surface area contributed by atoms with Crippen LogP contribution in [0.25, 0.3) is 22.2 Å². The van der Waals surface area contributed by atoms with Crippen molar-refractivity contribution < 1.29 is 23.8 Å². The lowest BCUT2D eigenvalue weighted by Gasteiger charge is -2.11. The van der Waals surface area contributed by atoms with Gasteiger partial charge in [0.15, 0.2) is 0 Å². The number of para-hydroxylation sites is 2. The van der Waals surface area contributed by atoms with Gasteiger partial charge >= 0.3 is 11.9 Å². The van der Waals surface area contributed by atoms with Gasteiger partial charge in [-0.2, -0.15) is 0 Å². The summed E-state index contributed by atoms with van der Waals surface area (Å²) in [5.41, 5.74) is 1.57. The number of carboxylic acid groups (broad SMARTS) is 1. The van der Waals surface area contributed by atoms with Crippen molar-refractivity contribution in [2.45, 2.75) is 0 Å². The Morgan fingerprint density at radius 1 is 0.963 bits per heavy atom. The number of fused-ring (bicyclic) bond motifs is 1. The molecule has 0 spiro atoms. The molecule has 0 saturated heterocycles. The van der Waals surface area contributed by atoms with E-state index in [4.69, 9.17) is 9.15 Å². The zero-order valence-electron chi connectivity index (χ0n) is 14.0. The summed E-state index contributed by atoms with van der Waals surface area (Å²) in [5, 5.41) is 10.1. The number of hydrogen-bond acceptors (Lipinski definition) is 5. The fourth-order valence-corrected chi connectivity index (χ4v) is 2.80. The normalized spacial score (nSPS) is 10.7. The maximum atomic E-state index is 12.2. The van der Waals surface area contributed by atoms with Crippen molar-refractivity contribution >= 4 is 22.8 Å². The summed E-state index contributed by atoms with van der Waals surface area (Å²) in [4.78, 5) is 28.4. The largest absolute Gasteiger partial charge is 0.478 e. The summed E-state index contributed by atoms with van der Waals surface area (Å²) in [6, 6.07) is 18.4. The minimum atomic E-state index is -1.06. The van der Waals surface area contributed by atoms with Crippen LogP contribution in [0.3, 0.4) is 0 Å². The van der Waals surface area contributed by atoms with Crippen LogP contribution in [0.4, 0.5) is 0 Å². The van der Waals surface area contributed by atoms with Gasteiger partial charge in [0, 0.05) is 10.9 Å². The summed E-state index contributed by atoms with van der Waals surface area (Å²) in [6.07, 6.45) is 1.38. The first kappa shape index (κ1) is 16.5. The molecule has 0 aliphatic rings. The van der Waals surface area contributed by atoms with Crippen LogP contribution in [0.2, 0.25) is 0 Å². The minimum absolute atomic E-state index is 0.0718. The van der Waals surface area contributed by atoms with Crippen molar-refractivity contribution in [1.82, 2.24) is 4.98 Å². The molecule has 1 N–H and O–H groups in total. The van der Waals surface area contributed by atoms with Gasteiger partial charge < -0.3 is 14.3 Å². The smallest absolute Gasteiger partial charge is 0.379 e. The number of esters is 1. The Labute approximate surface area is 153 Å². The number of benzene rings is 2. The van der Waals surface area contributed by atoms with Crippen molar-refractivity contribution in [1.29, 1.82) is 0 Å². The van der Waals surface area contributed by atoms with Crippen molar-refractivity contribution in [3.63, 3.8) is 0 Å². The Morgan fingerprint density at radius 3 is 2.52 bits per heavy atom. The molecule has 132 valence electrons. The number of aromatic nitrogens is 1. The number of carbonyl (C=O) groups excluding carboxylic acids is 1. The van der Waals surface area contributed by atoms with E-state index in [2.05, 4.69) is 4.98 Å². The van der Waals surface area contributed by atoms with E-state index in [9.17, 15) is 14.7 Å². The lowest BCUT2D eigenvalue weighted by Crippen LogP contribution is -2.08. The molecule has 0 aliphatic heterocycles. The van der Waals surface area contributed by atoms with Crippen LogP contribution in [-0.4, -0.2) is 22.0 Å². The van der Waals surface area contributed by atoms with Gasteiger partial charge in [-0.15, -0.1) is 0 Å². The van der Waals surface area contributed by atoms with E-state index >= 15 is 0 Å². The van der Waals surface area contributed by atoms with Gasteiger partial charge in [0.1, 0.15) is 5.75 Å². The maximum Gasteiger partial charge on any atom is 0.379 e. The number of hydrogen-bond donors (Lipinski definition) is 1. The van der Waals surface area contributed by atoms with Crippen molar-refractivity contribution in [3.05, 3.63) is 84.3 Å². The van der Waals surface area contributed by atoms with E-state index in [0.717, 1.165) is 0 Å². The molecular formula is C21H13NO5. The number of furan rings is 1. The zero-order chi connectivity index (χ0) is 18.8. The van der Waals surface area contributed by atoms with Gasteiger partial charge in [0.05, 0.1) is 23.0 Å². The molecule has 0 atom stereocenters. The first-order chi connectivity index (χ1) is 13.1. The van der Waals surface area contributed by atoms with Gasteiger partial charge in [-0.1, -0.05) is 30.3 Å². The van der Waals surface area contributed by atoms with Gasteiger partial charge in [-0.05, 0) is 36.4 Å². The summed E-state index contributed by atoms with van der Waals surface area (Å²) < 4.78 is 10.5. The lowest BCUT2D eigenvalue weighted by atomic mass is 10.0. The highest BCUT2D eigenvalue weighted by Crippen LogP contribution is 2.32. The molecule has 0 amide bonds.